The van der Waals surface area contributed by atoms with E-state index in [1.165, 1.54) is 29.9 Å². The lowest BCUT2D eigenvalue weighted by Crippen LogP contribution is -2.53. The van der Waals surface area contributed by atoms with Gasteiger partial charge in [-0.25, -0.2) is 0 Å². The van der Waals surface area contributed by atoms with Gasteiger partial charge in [-0.3, -0.25) is 14.6 Å². The first-order valence-electron chi connectivity index (χ1n) is 9.16. The number of hydrogen-bond acceptors (Lipinski definition) is 4. The van der Waals surface area contributed by atoms with E-state index in [0.717, 1.165) is 45.2 Å². The summed E-state index contributed by atoms with van der Waals surface area (Å²) in [7, 11) is 0. The van der Waals surface area contributed by atoms with Crippen LogP contribution in [0, 0.1) is 0 Å². The maximum atomic E-state index is 12.1. The van der Waals surface area contributed by atoms with Crippen LogP contribution in [0.2, 0.25) is 0 Å². The first-order chi connectivity index (χ1) is 11.8. The molecule has 0 bridgehead atoms. The highest BCUT2D eigenvalue weighted by atomic mass is 32.2. The predicted octanol–water partition coefficient (Wildman–Crippen LogP) is 1.86. The molecular formula is C19H29N3OS. The summed E-state index contributed by atoms with van der Waals surface area (Å²) in [6.45, 7) is 5.55. The van der Waals surface area contributed by atoms with E-state index in [4.69, 9.17) is 0 Å². The van der Waals surface area contributed by atoms with E-state index in [0.29, 0.717) is 6.54 Å². The third kappa shape index (κ3) is 5.50. The van der Waals surface area contributed by atoms with Gasteiger partial charge in [0.25, 0.3) is 0 Å². The first kappa shape index (κ1) is 17.8. The second kappa shape index (κ2) is 9.44. The Morgan fingerprint density at radius 3 is 2.50 bits per heavy atom. The molecule has 0 aromatic heterocycles. The van der Waals surface area contributed by atoms with E-state index in [9.17, 15) is 4.79 Å². The minimum absolute atomic E-state index is 0.161. The van der Waals surface area contributed by atoms with Crippen molar-refractivity contribution < 1.29 is 4.79 Å². The normalized spacial score (nSPS) is 20.8. The molecule has 1 N–H and O–H groups in total. The Bertz CT molecular complexity index is 497. The standard InChI is InChI=1S/C19H29N3OS/c23-19(20-9-6-17-4-2-1-3-5-17)16-21-10-12-22(13-11-21)18-7-14-24-15-8-18/h1-5,18H,6-16H2,(H,20,23). The van der Waals surface area contributed by atoms with Gasteiger partial charge in [-0.15, -0.1) is 0 Å². The summed E-state index contributed by atoms with van der Waals surface area (Å²) in [4.78, 5) is 17.1. The molecule has 0 saturated carbocycles. The number of nitrogens with one attached hydrogen (secondary N) is 1. The van der Waals surface area contributed by atoms with Gasteiger partial charge in [-0.2, -0.15) is 11.8 Å². The highest BCUT2D eigenvalue weighted by molar-refractivity contribution is 7.99. The van der Waals surface area contributed by atoms with Gasteiger partial charge in [0.05, 0.1) is 6.54 Å². The van der Waals surface area contributed by atoms with Crippen LogP contribution in [0.25, 0.3) is 0 Å². The molecule has 132 valence electrons. The maximum absolute atomic E-state index is 12.1. The van der Waals surface area contributed by atoms with E-state index in [2.05, 4.69) is 39.0 Å². The third-order valence-electron chi connectivity index (χ3n) is 5.06. The van der Waals surface area contributed by atoms with Gasteiger partial charge in [0.1, 0.15) is 0 Å². The molecule has 4 nitrogen and oxygen atoms in total. The van der Waals surface area contributed by atoms with Crippen LogP contribution in [0.1, 0.15) is 18.4 Å². The Morgan fingerprint density at radius 2 is 1.79 bits per heavy atom. The molecule has 1 aromatic rings. The fourth-order valence-electron chi connectivity index (χ4n) is 3.59. The van der Waals surface area contributed by atoms with Crippen molar-refractivity contribution in [3.8, 4) is 0 Å². The van der Waals surface area contributed by atoms with Gasteiger partial charge in [0.15, 0.2) is 0 Å². The minimum Gasteiger partial charge on any atom is -0.355 e. The van der Waals surface area contributed by atoms with Crippen molar-refractivity contribution in [2.45, 2.75) is 25.3 Å². The molecule has 0 aliphatic carbocycles. The number of hydrogen-bond donors (Lipinski definition) is 1. The quantitative estimate of drug-likeness (QED) is 0.852. The molecule has 1 aromatic carbocycles. The lowest BCUT2D eigenvalue weighted by atomic mass is 10.1. The van der Waals surface area contributed by atoms with Gasteiger partial charge in [-0.1, -0.05) is 30.3 Å². The topological polar surface area (TPSA) is 35.6 Å². The molecule has 2 fully saturated rings. The molecule has 2 aliphatic heterocycles. The van der Waals surface area contributed by atoms with Gasteiger partial charge < -0.3 is 5.32 Å². The predicted molar refractivity (Wildman–Crippen MR) is 102 cm³/mol. The molecule has 1 amide bonds. The number of benzene rings is 1. The highest BCUT2D eigenvalue weighted by Gasteiger charge is 2.25. The first-order valence-corrected chi connectivity index (χ1v) is 10.3. The molecule has 2 saturated heterocycles. The van der Waals surface area contributed by atoms with Crippen LogP contribution < -0.4 is 5.32 Å². The SMILES string of the molecule is O=C(CN1CCN(C2CCSCC2)CC1)NCCc1ccccc1. The van der Waals surface area contributed by atoms with Gasteiger partial charge >= 0.3 is 0 Å². The molecule has 2 aliphatic rings. The summed E-state index contributed by atoms with van der Waals surface area (Å²) >= 11 is 2.09. The van der Waals surface area contributed by atoms with Crippen molar-refractivity contribution in [2.75, 3.05) is 50.8 Å². The zero-order valence-corrected chi connectivity index (χ0v) is 15.3. The molecule has 24 heavy (non-hydrogen) atoms. The molecule has 0 atom stereocenters. The second-order valence-corrected chi connectivity index (χ2v) is 7.97. The molecule has 0 spiro atoms. The number of thioether (sulfide) groups is 1. The molecular weight excluding hydrogens is 318 g/mol. The van der Waals surface area contributed by atoms with E-state index in [1.807, 2.05) is 18.2 Å². The smallest absolute Gasteiger partial charge is 0.234 e. The van der Waals surface area contributed by atoms with Crippen LogP contribution in [-0.4, -0.2) is 72.5 Å². The van der Waals surface area contributed by atoms with Gasteiger partial charge in [0.2, 0.25) is 5.91 Å². The van der Waals surface area contributed by atoms with E-state index < -0.39 is 0 Å². The number of piperazine rings is 1. The monoisotopic (exact) mass is 347 g/mol. The molecule has 0 radical (unpaired) electrons. The summed E-state index contributed by atoms with van der Waals surface area (Å²) in [5, 5.41) is 3.06. The summed E-state index contributed by atoms with van der Waals surface area (Å²) in [6, 6.07) is 11.1. The number of carbonyl (C=O) groups excluding carboxylic acids is 1. The Hall–Kier alpha value is -1.04. The number of amides is 1. The van der Waals surface area contributed by atoms with Crippen molar-refractivity contribution in [1.82, 2.24) is 15.1 Å². The number of nitrogens with zero attached hydrogens (tertiary/aromatic N) is 2. The summed E-state index contributed by atoms with van der Waals surface area (Å²) in [5.41, 5.74) is 1.28. The Balaban J connectivity index is 1.31. The lowest BCUT2D eigenvalue weighted by Gasteiger charge is -2.40. The molecule has 2 heterocycles. The Morgan fingerprint density at radius 1 is 1.08 bits per heavy atom. The largest absolute Gasteiger partial charge is 0.355 e. The van der Waals surface area contributed by atoms with E-state index >= 15 is 0 Å². The van der Waals surface area contributed by atoms with E-state index in [-0.39, 0.29) is 5.91 Å². The second-order valence-electron chi connectivity index (χ2n) is 6.74. The van der Waals surface area contributed by atoms with Crippen molar-refractivity contribution >= 4 is 17.7 Å². The van der Waals surface area contributed by atoms with Gasteiger partial charge in [0, 0.05) is 38.8 Å². The summed E-state index contributed by atoms with van der Waals surface area (Å²) in [5.74, 6) is 2.79. The minimum atomic E-state index is 0.161. The Kier molecular flexibility index (Phi) is 6.99. The number of carbonyl (C=O) groups is 1. The van der Waals surface area contributed by atoms with Crippen LogP contribution in [-0.2, 0) is 11.2 Å². The lowest BCUT2D eigenvalue weighted by molar-refractivity contribution is -0.122. The zero-order valence-electron chi connectivity index (χ0n) is 14.5. The fourth-order valence-corrected chi connectivity index (χ4v) is 4.67. The number of rotatable bonds is 6. The average Bonchev–Trinajstić information content (AvgIpc) is 2.64. The molecule has 0 unspecified atom stereocenters. The summed E-state index contributed by atoms with van der Waals surface area (Å²) < 4.78 is 0. The molecule has 5 heteroatoms. The zero-order chi connectivity index (χ0) is 16.6. The summed E-state index contributed by atoms with van der Waals surface area (Å²) in [6.07, 6.45) is 3.58. The highest BCUT2D eigenvalue weighted by Crippen LogP contribution is 2.22. The fraction of sp³-hybridized carbons (Fsp3) is 0.632. The third-order valence-corrected chi connectivity index (χ3v) is 6.11. The Labute approximate surface area is 150 Å². The van der Waals surface area contributed by atoms with Crippen LogP contribution >= 0.6 is 11.8 Å². The van der Waals surface area contributed by atoms with Crippen molar-refractivity contribution in [2.24, 2.45) is 0 Å². The average molecular weight is 348 g/mol. The van der Waals surface area contributed by atoms with Crippen LogP contribution in [0.4, 0.5) is 0 Å². The van der Waals surface area contributed by atoms with Crippen LogP contribution in [0.15, 0.2) is 30.3 Å². The van der Waals surface area contributed by atoms with Crippen molar-refractivity contribution in [1.29, 1.82) is 0 Å². The van der Waals surface area contributed by atoms with Gasteiger partial charge in [-0.05, 0) is 36.3 Å². The van der Waals surface area contributed by atoms with Crippen molar-refractivity contribution in [3.63, 3.8) is 0 Å². The maximum Gasteiger partial charge on any atom is 0.234 e. The molecule has 3 rings (SSSR count). The van der Waals surface area contributed by atoms with E-state index in [1.54, 1.807) is 0 Å². The van der Waals surface area contributed by atoms with Crippen LogP contribution in [0.3, 0.4) is 0 Å². The van der Waals surface area contributed by atoms with Crippen molar-refractivity contribution in [3.05, 3.63) is 35.9 Å². The van der Waals surface area contributed by atoms with Crippen LogP contribution in [0.5, 0.6) is 0 Å².